The summed E-state index contributed by atoms with van der Waals surface area (Å²) < 4.78 is 4.62. The molecule has 0 amide bonds. The van der Waals surface area contributed by atoms with Gasteiger partial charge in [0.15, 0.2) is 0 Å². The van der Waals surface area contributed by atoms with E-state index in [4.69, 9.17) is 0 Å². The van der Waals surface area contributed by atoms with Gasteiger partial charge in [0.1, 0.15) is 0 Å². The lowest BCUT2D eigenvalue weighted by molar-refractivity contribution is -0.136. The minimum Gasteiger partial charge on any atom is -0.466 e. The predicted molar refractivity (Wildman–Crippen MR) is 104 cm³/mol. The maximum Gasteiger partial charge on any atom is 0.333 e. The molecule has 0 aromatic heterocycles. The van der Waals surface area contributed by atoms with E-state index in [1.54, 1.807) is 0 Å². The van der Waals surface area contributed by atoms with Crippen molar-refractivity contribution in [1.82, 2.24) is 0 Å². The number of unbranched alkanes of at least 4 members (excludes halogenated alkanes) is 9. The zero-order chi connectivity index (χ0) is 17.9. The van der Waals surface area contributed by atoms with Gasteiger partial charge in [-0.3, -0.25) is 0 Å². The number of carbonyl (C=O) groups is 1. The van der Waals surface area contributed by atoms with E-state index in [9.17, 15) is 4.79 Å². The molecule has 0 N–H and O–H groups in total. The Kier molecular flexibility index (Phi) is 16.6. The lowest BCUT2D eigenvalue weighted by Gasteiger charge is -2.04. The summed E-state index contributed by atoms with van der Waals surface area (Å²) in [5.41, 5.74) is 0.608. The van der Waals surface area contributed by atoms with Gasteiger partial charge in [0, 0.05) is 5.57 Å². The fourth-order valence-corrected chi connectivity index (χ4v) is 2.46. The summed E-state index contributed by atoms with van der Waals surface area (Å²) in [5, 5.41) is 0. The lowest BCUT2D eigenvalue weighted by Crippen LogP contribution is -2.03. The van der Waals surface area contributed by atoms with Crippen LogP contribution in [0.2, 0.25) is 0 Å². The van der Waals surface area contributed by atoms with Crippen molar-refractivity contribution in [2.45, 2.75) is 77.6 Å². The van der Waals surface area contributed by atoms with E-state index in [1.807, 2.05) is 36.4 Å². The van der Waals surface area contributed by atoms with Crippen LogP contribution in [0.3, 0.4) is 0 Å². The average Bonchev–Trinajstić information content (AvgIpc) is 2.64. The Morgan fingerprint density at radius 2 is 1.12 bits per heavy atom. The first-order chi connectivity index (χ1) is 11.7. The maximum atomic E-state index is 11.1. The molecule has 0 spiro atoms. The molecule has 0 bridgehead atoms. The third-order valence-corrected chi connectivity index (χ3v) is 3.97. The van der Waals surface area contributed by atoms with Gasteiger partial charge in [-0.05, 0) is 12.8 Å². The van der Waals surface area contributed by atoms with Crippen LogP contribution in [0.1, 0.15) is 77.6 Å². The van der Waals surface area contributed by atoms with Crippen molar-refractivity contribution in [2.75, 3.05) is 7.11 Å². The number of methoxy groups -OCH3 is 1. The first kappa shape index (κ1) is 22.4. The van der Waals surface area contributed by atoms with Gasteiger partial charge < -0.3 is 4.74 Å². The molecule has 0 aliphatic heterocycles. The molecule has 0 fully saturated rings. The highest BCUT2D eigenvalue weighted by Crippen LogP contribution is 2.13. The molecular weight excluding hydrogens is 296 g/mol. The summed E-state index contributed by atoms with van der Waals surface area (Å²) in [6, 6.07) is 12.0. The van der Waals surface area contributed by atoms with Crippen molar-refractivity contribution in [1.29, 1.82) is 0 Å². The quantitative estimate of drug-likeness (QED) is 0.241. The van der Waals surface area contributed by atoms with Crippen molar-refractivity contribution in [3.8, 4) is 0 Å². The molecule has 2 heteroatoms. The van der Waals surface area contributed by atoms with Crippen molar-refractivity contribution in [2.24, 2.45) is 0 Å². The van der Waals surface area contributed by atoms with Crippen LogP contribution >= 0.6 is 0 Å². The second kappa shape index (κ2) is 17.8. The van der Waals surface area contributed by atoms with Gasteiger partial charge in [0.25, 0.3) is 0 Å². The standard InChI is InChI=1S/C16H30O2.C6H6/c1-4-5-6-7-8-9-10-11-12-13-14-15(2)16(17)18-3;1-2-4-6-5-3-1/h2,4-14H2,1,3H3;1-6H. The Bertz CT molecular complexity index is 371. The van der Waals surface area contributed by atoms with E-state index in [1.165, 1.54) is 64.9 Å². The average molecular weight is 333 g/mol. The zero-order valence-corrected chi connectivity index (χ0v) is 15.8. The van der Waals surface area contributed by atoms with Gasteiger partial charge in [-0.2, -0.15) is 0 Å². The molecule has 1 rings (SSSR count). The van der Waals surface area contributed by atoms with E-state index >= 15 is 0 Å². The van der Waals surface area contributed by atoms with Crippen molar-refractivity contribution in [3.63, 3.8) is 0 Å². The van der Waals surface area contributed by atoms with Gasteiger partial charge >= 0.3 is 5.97 Å². The van der Waals surface area contributed by atoms with Gasteiger partial charge in [0.05, 0.1) is 7.11 Å². The summed E-state index contributed by atoms with van der Waals surface area (Å²) >= 11 is 0. The summed E-state index contributed by atoms with van der Waals surface area (Å²) in [6.07, 6.45) is 13.9. The second-order valence-corrected chi connectivity index (χ2v) is 6.18. The van der Waals surface area contributed by atoms with E-state index in [-0.39, 0.29) is 5.97 Å². The monoisotopic (exact) mass is 332 g/mol. The number of hydrogen-bond donors (Lipinski definition) is 0. The Morgan fingerprint density at radius 1 is 0.750 bits per heavy atom. The lowest BCUT2D eigenvalue weighted by atomic mass is 10.0. The molecule has 136 valence electrons. The van der Waals surface area contributed by atoms with Gasteiger partial charge in [-0.15, -0.1) is 0 Å². The SMILES string of the molecule is C=C(CCCCCCCCCCCC)C(=O)OC.c1ccccc1. The first-order valence-electron chi connectivity index (χ1n) is 9.48. The normalized spacial score (nSPS) is 9.75. The smallest absolute Gasteiger partial charge is 0.333 e. The Hall–Kier alpha value is -1.57. The van der Waals surface area contributed by atoms with Crippen molar-refractivity contribution in [3.05, 3.63) is 48.6 Å². The van der Waals surface area contributed by atoms with Crippen molar-refractivity contribution < 1.29 is 9.53 Å². The van der Waals surface area contributed by atoms with Crippen LogP contribution in [0.25, 0.3) is 0 Å². The highest BCUT2D eigenvalue weighted by Gasteiger charge is 2.05. The number of ether oxygens (including phenoxy) is 1. The maximum absolute atomic E-state index is 11.1. The fourth-order valence-electron chi connectivity index (χ4n) is 2.46. The molecule has 0 saturated carbocycles. The summed E-state index contributed by atoms with van der Waals surface area (Å²) in [5.74, 6) is -0.258. The highest BCUT2D eigenvalue weighted by molar-refractivity contribution is 5.87. The summed E-state index contributed by atoms with van der Waals surface area (Å²) in [6.45, 7) is 5.98. The number of carbonyl (C=O) groups excluding carboxylic acids is 1. The predicted octanol–water partition coefficient (Wildman–Crippen LogP) is 6.71. The topological polar surface area (TPSA) is 26.3 Å². The highest BCUT2D eigenvalue weighted by atomic mass is 16.5. The zero-order valence-electron chi connectivity index (χ0n) is 15.8. The van der Waals surface area contributed by atoms with Crippen LogP contribution in [0.15, 0.2) is 48.6 Å². The van der Waals surface area contributed by atoms with E-state index in [0.29, 0.717) is 5.57 Å². The Balaban J connectivity index is 0.000000728. The molecule has 0 saturated heterocycles. The van der Waals surface area contributed by atoms with E-state index in [2.05, 4.69) is 18.2 Å². The third kappa shape index (κ3) is 15.3. The number of benzene rings is 1. The van der Waals surface area contributed by atoms with E-state index in [0.717, 1.165) is 12.8 Å². The van der Waals surface area contributed by atoms with Crippen molar-refractivity contribution >= 4 is 5.97 Å². The number of hydrogen-bond acceptors (Lipinski definition) is 2. The van der Waals surface area contributed by atoms with Crippen LogP contribution < -0.4 is 0 Å². The minimum atomic E-state index is -0.258. The fraction of sp³-hybridized carbons (Fsp3) is 0.591. The third-order valence-electron chi connectivity index (χ3n) is 3.97. The molecule has 0 aliphatic carbocycles. The number of esters is 1. The number of rotatable bonds is 12. The molecule has 0 atom stereocenters. The first-order valence-corrected chi connectivity index (χ1v) is 9.48. The van der Waals surface area contributed by atoms with Crippen LogP contribution in [-0.2, 0) is 9.53 Å². The Labute approximate surface area is 149 Å². The molecule has 1 aromatic rings. The van der Waals surface area contributed by atoms with E-state index < -0.39 is 0 Å². The van der Waals surface area contributed by atoms with Crippen LogP contribution in [-0.4, -0.2) is 13.1 Å². The molecular formula is C22H36O2. The molecule has 24 heavy (non-hydrogen) atoms. The minimum absolute atomic E-state index is 0.258. The van der Waals surface area contributed by atoms with Gasteiger partial charge in [0.2, 0.25) is 0 Å². The van der Waals surface area contributed by atoms with Gasteiger partial charge in [-0.25, -0.2) is 4.79 Å². The Morgan fingerprint density at radius 3 is 1.50 bits per heavy atom. The summed E-state index contributed by atoms with van der Waals surface area (Å²) in [7, 11) is 1.41. The largest absolute Gasteiger partial charge is 0.466 e. The van der Waals surface area contributed by atoms with Gasteiger partial charge in [-0.1, -0.05) is 108 Å². The van der Waals surface area contributed by atoms with Crippen LogP contribution in [0, 0.1) is 0 Å². The van der Waals surface area contributed by atoms with Crippen LogP contribution in [0.5, 0.6) is 0 Å². The molecule has 1 aromatic carbocycles. The molecule has 2 nitrogen and oxygen atoms in total. The molecule has 0 radical (unpaired) electrons. The molecule has 0 unspecified atom stereocenters. The molecule has 0 heterocycles. The van der Waals surface area contributed by atoms with Crippen LogP contribution in [0.4, 0.5) is 0 Å². The summed E-state index contributed by atoms with van der Waals surface area (Å²) in [4.78, 5) is 11.1. The molecule has 0 aliphatic rings. The second-order valence-electron chi connectivity index (χ2n) is 6.18.